The van der Waals surface area contributed by atoms with Gasteiger partial charge in [-0.25, -0.2) is 0 Å². The molecule has 0 radical (unpaired) electrons. The van der Waals surface area contributed by atoms with E-state index in [1.165, 1.54) is 74.0 Å². The largest absolute Gasteiger partial charge is 0.334 e. The van der Waals surface area contributed by atoms with Crippen LogP contribution in [-0.2, 0) is 5.41 Å². The van der Waals surface area contributed by atoms with E-state index >= 15 is 0 Å². The second kappa shape index (κ2) is 11.0. The Morgan fingerprint density at radius 2 is 1.37 bits per heavy atom. The van der Waals surface area contributed by atoms with Crippen LogP contribution in [0.1, 0.15) is 65.0 Å². The summed E-state index contributed by atoms with van der Waals surface area (Å²) in [6.45, 7) is 12.3. The second-order valence-electron chi connectivity index (χ2n) is 16.5. The molecule has 0 N–H and O–H groups in total. The lowest BCUT2D eigenvalue weighted by Crippen LogP contribution is -2.38. The van der Waals surface area contributed by atoms with E-state index in [1.54, 1.807) is 16.7 Å². The van der Waals surface area contributed by atoms with E-state index in [9.17, 15) is 0 Å². The Kier molecular flexibility index (Phi) is 6.60. The molecule has 0 bridgehead atoms. The molecule has 1 heterocycles. The topological polar surface area (TPSA) is 8.17 Å². The molecule has 0 amide bonds. The van der Waals surface area contributed by atoms with Crippen molar-refractivity contribution in [2.24, 2.45) is 17.3 Å². The number of anilines is 2. The van der Waals surface area contributed by atoms with Crippen molar-refractivity contribution in [1.29, 1.82) is 0 Å². The van der Waals surface area contributed by atoms with Gasteiger partial charge in [-0.1, -0.05) is 131 Å². The van der Waals surface area contributed by atoms with E-state index in [-0.39, 0.29) is 16.9 Å². The molecule has 3 atom stereocenters. The van der Waals surface area contributed by atoms with E-state index in [4.69, 9.17) is 0 Å². The van der Waals surface area contributed by atoms with Crippen molar-refractivity contribution < 1.29 is 0 Å². The Balaban J connectivity index is 1.18. The molecule has 1 aromatic heterocycles. The molecule has 4 aliphatic carbocycles. The van der Waals surface area contributed by atoms with Crippen LogP contribution in [0.4, 0.5) is 11.4 Å². The third-order valence-corrected chi connectivity index (χ3v) is 13.0. The van der Waals surface area contributed by atoms with Gasteiger partial charge in [-0.15, -0.1) is 0 Å². The molecule has 2 heteroatoms. The number of para-hydroxylation sites is 2. The van der Waals surface area contributed by atoms with Crippen LogP contribution in [0.3, 0.4) is 0 Å². The minimum absolute atomic E-state index is 0.0458. The van der Waals surface area contributed by atoms with Crippen molar-refractivity contribution in [3.63, 3.8) is 0 Å². The molecular weight excluding hydrogens is 617 g/mol. The van der Waals surface area contributed by atoms with Crippen molar-refractivity contribution in [1.82, 2.24) is 4.57 Å². The van der Waals surface area contributed by atoms with Gasteiger partial charge in [-0.2, -0.15) is 0 Å². The van der Waals surface area contributed by atoms with Crippen molar-refractivity contribution in [3.8, 4) is 16.8 Å². The van der Waals surface area contributed by atoms with Gasteiger partial charge in [0.1, 0.15) is 0 Å². The lowest BCUT2D eigenvalue weighted by Gasteiger charge is -2.42. The highest BCUT2D eigenvalue weighted by molar-refractivity contribution is 6.10. The van der Waals surface area contributed by atoms with Gasteiger partial charge in [0.05, 0.1) is 17.1 Å². The Morgan fingerprint density at radius 1 is 0.667 bits per heavy atom. The Morgan fingerprint density at radius 3 is 2.24 bits per heavy atom. The van der Waals surface area contributed by atoms with Crippen molar-refractivity contribution >= 4 is 33.2 Å². The van der Waals surface area contributed by atoms with Crippen LogP contribution in [0.2, 0.25) is 0 Å². The first-order chi connectivity index (χ1) is 24.7. The minimum Gasteiger partial charge on any atom is -0.334 e. The van der Waals surface area contributed by atoms with E-state index in [0.29, 0.717) is 11.8 Å². The first-order valence-corrected chi connectivity index (χ1v) is 19.0. The molecule has 3 unspecified atom stereocenters. The zero-order chi connectivity index (χ0) is 34.6. The normalized spacial score (nSPS) is 22.5. The number of allylic oxidation sites excluding steroid dienone is 5. The molecule has 2 nitrogen and oxygen atoms in total. The molecule has 0 spiro atoms. The van der Waals surface area contributed by atoms with Crippen LogP contribution in [0, 0.1) is 17.3 Å². The molecule has 252 valence electrons. The molecular formula is C49H46N2. The molecule has 6 aromatic rings. The summed E-state index contributed by atoms with van der Waals surface area (Å²) < 4.78 is 2.42. The molecule has 5 aromatic carbocycles. The van der Waals surface area contributed by atoms with Gasteiger partial charge in [0, 0.05) is 44.6 Å². The summed E-state index contributed by atoms with van der Waals surface area (Å²) in [6, 6.07) is 43.5. The standard InChI is InChI=1S/C49H46N2/c1-31-27-35(30-44-47(31)39-19-10-13-21-42(39)49(44,4)5)50(34-23-25-37-36-17-9-12-20-41(36)48(2,3)43(37)29-34)33-24-26-46-40(28-33)38-18-11-14-22-45(38)51(46)32-15-7-6-8-16-32/h6-9,11-18,20-26,28-31,35,47H,10,19,27H2,1-5H3. The van der Waals surface area contributed by atoms with Crippen molar-refractivity contribution in [2.45, 2.75) is 65.3 Å². The maximum atomic E-state index is 2.70. The van der Waals surface area contributed by atoms with Gasteiger partial charge in [0.15, 0.2) is 0 Å². The fourth-order valence-electron chi connectivity index (χ4n) is 10.6. The maximum Gasteiger partial charge on any atom is 0.0542 e. The third kappa shape index (κ3) is 4.35. The zero-order valence-corrected chi connectivity index (χ0v) is 30.4. The van der Waals surface area contributed by atoms with E-state index in [0.717, 1.165) is 6.42 Å². The lowest BCUT2D eigenvalue weighted by atomic mass is 9.70. The summed E-state index contributed by atoms with van der Waals surface area (Å²) >= 11 is 0. The number of fused-ring (bicyclic) bond motifs is 8. The van der Waals surface area contributed by atoms with E-state index in [2.05, 4.69) is 178 Å². The van der Waals surface area contributed by atoms with Crippen LogP contribution in [-0.4, -0.2) is 10.6 Å². The predicted molar refractivity (Wildman–Crippen MR) is 215 cm³/mol. The van der Waals surface area contributed by atoms with Crippen LogP contribution in [0.25, 0.3) is 38.6 Å². The van der Waals surface area contributed by atoms with E-state index in [1.807, 2.05) is 0 Å². The van der Waals surface area contributed by atoms with Gasteiger partial charge in [0.2, 0.25) is 0 Å². The molecule has 0 fully saturated rings. The lowest BCUT2D eigenvalue weighted by molar-refractivity contribution is 0.358. The summed E-state index contributed by atoms with van der Waals surface area (Å²) in [5.74, 6) is 1.12. The molecule has 0 saturated carbocycles. The molecule has 10 rings (SSSR count). The number of rotatable bonds is 4. The van der Waals surface area contributed by atoms with Crippen molar-refractivity contribution in [2.75, 3.05) is 4.90 Å². The van der Waals surface area contributed by atoms with Crippen LogP contribution < -0.4 is 4.90 Å². The second-order valence-corrected chi connectivity index (χ2v) is 16.5. The summed E-state index contributed by atoms with van der Waals surface area (Å²) in [5, 5.41) is 2.59. The fourth-order valence-corrected chi connectivity index (χ4v) is 10.6. The number of benzene rings is 5. The smallest absolute Gasteiger partial charge is 0.0542 e. The SMILES string of the molecule is CC1CC(N(c2ccc3c(c2)C(C)(C)c2ccccc2-3)c2ccc3c(c2)c2ccccc2n3-c2ccccc2)C=C2C1C1=C(C=CCC1)C2(C)C. The van der Waals surface area contributed by atoms with Gasteiger partial charge >= 0.3 is 0 Å². The highest BCUT2D eigenvalue weighted by Gasteiger charge is 2.48. The zero-order valence-electron chi connectivity index (χ0n) is 30.4. The Bertz CT molecular complexity index is 2480. The van der Waals surface area contributed by atoms with Gasteiger partial charge in [0.25, 0.3) is 0 Å². The fraction of sp³-hybridized carbons (Fsp3) is 0.265. The molecule has 4 aliphatic rings. The molecule has 51 heavy (non-hydrogen) atoms. The Hall–Kier alpha value is -5.08. The average molecular weight is 663 g/mol. The first kappa shape index (κ1) is 30.7. The summed E-state index contributed by atoms with van der Waals surface area (Å²) in [7, 11) is 0. The summed E-state index contributed by atoms with van der Waals surface area (Å²) in [4.78, 5) is 2.69. The number of aromatic nitrogens is 1. The molecule has 0 saturated heterocycles. The average Bonchev–Trinajstić information content (AvgIpc) is 3.69. The van der Waals surface area contributed by atoms with Crippen LogP contribution in [0.15, 0.2) is 150 Å². The van der Waals surface area contributed by atoms with Gasteiger partial charge < -0.3 is 9.47 Å². The summed E-state index contributed by atoms with van der Waals surface area (Å²) in [5.41, 5.74) is 16.7. The maximum absolute atomic E-state index is 2.70. The summed E-state index contributed by atoms with van der Waals surface area (Å²) in [6.07, 6.45) is 11.0. The highest BCUT2D eigenvalue weighted by atomic mass is 15.2. The quantitative estimate of drug-likeness (QED) is 0.171. The van der Waals surface area contributed by atoms with E-state index < -0.39 is 0 Å². The first-order valence-electron chi connectivity index (χ1n) is 19.0. The van der Waals surface area contributed by atoms with Crippen LogP contribution >= 0.6 is 0 Å². The molecule has 0 aliphatic heterocycles. The van der Waals surface area contributed by atoms with Gasteiger partial charge in [-0.05, 0) is 102 Å². The van der Waals surface area contributed by atoms with Crippen molar-refractivity contribution in [3.05, 3.63) is 161 Å². The number of hydrogen-bond acceptors (Lipinski definition) is 1. The minimum atomic E-state index is -0.0627. The monoisotopic (exact) mass is 662 g/mol. The van der Waals surface area contributed by atoms with Crippen LogP contribution in [0.5, 0.6) is 0 Å². The highest BCUT2D eigenvalue weighted by Crippen LogP contribution is 2.59. The predicted octanol–water partition coefficient (Wildman–Crippen LogP) is 12.9. The van der Waals surface area contributed by atoms with Gasteiger partial charge in [-0.3, -0.25) is 0 Å². The number of hydrogen-bond donors (Lipinski definition) is 0. The Labute approximate surface area is 302 Å². The number of nitrogens with zero attached hydrogens (tertiary/aromatic N) is 2. The third-order valence-electron chi connectivity index (χ3n) is 13.0.